The molecule has 0 heterocycles. The summed E-state index contributed by atoms with van der Waals surface area (Å²) >= 11 is 0. The number of hydrogen-bond acceptors (Lipinski definition) is 7. The zero-order chi connectivity index (χ0) is 21.9. The van der Waals surface area contributed by atoms with Crippen LogP contribution in [0.25, 0.3) is 0 Å². The van der Waals surface area contributed by atoms with Crippen molar-refractivity contribution in [1.82, 2.24) is 10.9 Å². The third-order valence-corrected chi connectivity index (χ3v) is 3.96. The number of rotatable bonds is 9. The quantitative estimate of drug-likeness (QED) is 0.248. The summed E-state index contributed by atoms with van der Waals surface area (Å²) in [4.78, 5) is 46.2. The number of non-ortho nitro benzene ring substituents is 1. The van der Waals surface area contributed by atoms with Crippen LogP contribution in [0.15, 0.2) is 48.5 Å². The van der Waals surface area contributed by atoms with Gasteiger partial charge in [0, 0.05) is 29.9 Å². The van der Waals surface area contributed by atoms with Gasteiger partial charge < -0.3 is 10.1 Å². The number of hydrazine groups is 1. The maximum atomic E-state index is 12.3. The van der Waals surface area contributed by atoms with Gasteiger partial charge in [0.15, 0.2) is 6.61 Å². The number of anilines is 1. The van der Waals surface area contributed by atoms with Crippen LogP contribution in [0.1, 0.15) is 40.5 Å². The van der Waals surface area contributed by atoms with Gasteiger partial charge in [0.05, 0.1) is 10.5 Å². The number of unbranched alkanes of at least 4 members (excludes halogenated alkanes) is 1. The molecule has 0 saturated heterocycles. The smallest absolute Gasteiger partial charge is 0.340 e. The number of nitrogens with zero attached hydrogens (tertiary/aromatic N) is 1. The highest BCUT2D eigenvalue weighted by atomic mass is 16.6. The Morgan fingerprint density at radius 3 is 2.57 bits per heavy atom. The average Bonchev–Trinajstić information content (AvgIpc) is 2.76. The summed E-state index contributed by atoms with van der Waals surface area (Å²) in [7, 11) is 0. The summed E-state index contributed by atoms with van der Waals surface area (Å²) in [5.41, 5.74) is 4.84. The third kappa shape index (κ3) is 6.59. The Morgan fingerprint density at radius 1 is 1.07 bits per heavy atom. The van der Waals surface area contributed by atoms with Crippen molar-refractivity contribution in [2.24, 2.45) is 0 Å². The predicted octanol–water partition coefficient (Wildman–Crippen LogP) is 2.42. The number of hydrogen-bond donors (Lipinski definition) is 3. The van der Waals surface area contributed by atoms with Crippen molar-refractivity contribution in [2.45, 2.75) is 19.8 Å². The fourth-order valence-corrected chi connectivity index (χ4v) is 2.42. The summed E-state index contributed by atoms with van der Waals surface area (Å²) in [6.07, 6.45) is 1.94. The van der Waals surface area contributed by atoms with Crippen LogP contribution < -0.4 is 16.2 Å². The van der Waals surface area contributed by atoms with Crippen LogP contribution in [0.2, 0.25) is 0 Å². The van der Waals surface area contributed by atoms with Gasteiger partial charge >= 0.3 is 5.97 Å². The van der Waals surface area contributed by atoms with Gasteiger partial charge in [0.2, 0.25) is 0 Å². The van der Waals surface area contributed by atoms with Crippen molar-refractivity contribution < 1.29 is 24.0 Å². The highest BCUT2D eigenvalue weighted by molar-refractivity contribution is 5.98. The molecule has 0 fully saturated rings. The van der Waals surface area contributed by atoms with Gasteiger partial charge in [-0.3, -0.25) is 30.6 Å². The molecule has 2 amide bonds. The lowest BCUT2D eigenvalue weighted by molar-refractivity contribution is -0.384. The van der Waals surface area contributed by atoms with E-state index in [9.17, 15) is 24.5 Å². The SMILES string of the molecule is CCCCNc1ccccc1C(=O)OCC(=O)NNC(=O)c1cccc([N+](=O)[O-])c1. The second-order valence-electron chi connectivity index (χ2n) is 6.21. The third-order valence-electron chi connectivity index (χ3n) is 3.96. The normalized spacial score (nSPS) is 10.0. The molecule has 10 heteroatoms. The van der Waals surface area contributed by atoms with E-state index >= 15 is 0 Å². The Morgan fingerprint density at radius 2 is 1.83 bits per heavy atom. The van der Waals surface area contributed by atoms with Gasteiger partial charge in [-0.2, -0.15) is 0 Å². The van der Waals surface area contributed by atoms with Gasteiger partial charge in [0.1, 0.15) is 0 Å². The minimum atomic E-state index is -0.765. The summed E-state index contributed by atoms with van der Waals surface area (Å²) < 4.78 is 4.99. The van der Waals surface area contributed by atoms with E-state index < -0.39 is 29.3 Å². The van der Waals surface area contributed by atoms with Crippen molar-refractivity contribution in [3.8, 4) is 0 Å². The molecule has 3 N–H and O–H groups in total. The van der Waals surface area contributed by atoms with Gasteiger partial charge in [-0.25, -0.2) is 4.79 Å². The zero-order valence-electron chi connectivity index (χ0n) is 16.3. The number of benzene rings is 2. The van der Waals surface area contributed by atoms with Crippen molar-refractivity contribution in [1.29, 1.82) is 0 Å². The van der Waals surface area contributed by atoms with E-state index in [-0.39, 0.29) is 11.3 Å². The van der Waals surface area contributed by atoms with Crippen molar-refractivity contribution in [3.05, 3.63) is 69.8 Å². The molecule has 2 aromatic rings. The molecule has 0 spiro atoms. The highest BCUT2D eigenvalue weighted by Gasteiger charge is 2.15. The van der Waals surface area contributed by atoms with Crippen molar-refractivity contribution >= 4 is 29.2 Å². The predicted molar refractivity (Wildman–Crippen MR) is 109 cm³/mol. The summed E-state index contributed by atoms with van der Waals surface area (Å²) in [5.74, 6) is -2.20. The number of esters is 1. The Kier molecular flexibility index (Phi) is 8.30. The van der Waals surface area contributed by atoms with Crippen molar-refractivity contribution in [2.75, 3.05) is 18.5 Å². The minimum absolute atomic E-state index is 0.00595. The summed E-state index contributed by atoms with van der Waals surface area (Å²) in [6.45, 7) is 2.14. The van der Waals surface area contributed by atoms with E-state index in [1.54, 1.807) is 24.3 Å². The second kappa shape index (κ2) is 11.1. The molecule has 10 nitrogen and oxygen atoms in total. The zero-order valence-corrected chi connectivity index (χ0v) is 16.3. The van der Waals surface area contributed by atoms with Crippen LogP contribution in [-0.4, -0.2) is 35.9 Å². The Bertz CT molecular complexity index is 931. The van der Waals surface area contributed by atoms with E-state index in [0.29, 0.717) is 17.8 Å². The standard InChI is InChI=1S/C20H22N4O6/c1-2-3-11-21-17-10-5-4-9-16(17)20(27)30-13-18(25)22-23-19(26)14-7-6-8-15(12-14)24(28)29/h4-10,12,21H,2-3,11,13H2,1H3,(H,22,25)(H,23,26). The lowest BCUT2D eigenvalue weighted by Gasteiger charge is -2.12. The second-order valence-corrected chi connectivity index (χ2v) is 6.21. The topological polar surface area (TPSA) is 140 Å². The summed E-state index contributed by atoms with van der Waals surface area (Å²) in [5, 5.41) is 13.9. The van der Waals surface area contributed by atoms with Crippen LogP contribution in [0.4, 0.5) is 11.4 Å². The Balaban J connectivity index is 1.85. The first-order chi connectivity index (χ1) is 14.4. The van der Waals surface area contributed by atoms with Gasteiger partial charge in [-0.05, 0) is 24.6 Å². The number of nitro groups is 1. The first-order valence-corrected chi connectivity index (χ1v) is 9.26. The molecule has 0 aliphatic carbocycles. The fourth-order valence-electron chi connectivity index (χ4n) is 2.42. The molecular formula is C20H22N4O6. The first kappa shape index (κ1) is 22.3. The van der Waals surface area contributed by atoms with Gasteiger partial charge in [-0.15, -0.1) is 0 Å². The lowest BCUT2D eigenvalue weighted by Crippen LogP contribution is -2.43. The Hall–Kier alpha value is -3.95. The molecule has 0 atom stereocenters. The molecule has 30 heavy (non-hydrogen) atoms. The van der Waals surface area contributed by atoms with E-state index in [4.69, 9.17) is 4.74 Å². The molecule has 0 radical (unpaired) electrons. The van der Waals surface area contributed by atoms with Crippen LogP contribution >= 0.6 is 0 Å². The maximum absolute atomic E-state index is 12.3. The van der Waals surface area contributed by atoms with Crippen LogP contribution in [0, 0.1) is 10.1 Å². The molecule has 2 rings (SSSR count). The maximum Gasteiger partial charge on any atom is 0.340 e. The minimum Gasteiger partial charge on any atom is -0.452 e. The molecule has 0 aromatic heterocycles. The largest absolute Gasteiger partial charge is 0.452 e. The van der Waals surface area contributed by atoms with Crippen LogP contribution in [0.3, 0.4) is 0 Å². The molecular weight excluding hydrogens is 392 g/mol. The van der Waals surface area contributed by atoms with Gasteiger partial charge in [-0.1, -0.05) is 31.5 Å². The fraction of sp³-hybridized carbons (Fsp3) is 0.250. The molecule has 0 bridgehead atoms. The summed E-state index contributed by atoms with van der Waals surface area (Å²) in [6, 6.07) is 11.8. The molecule has 0 unspecified atom stereocenters. The van der Waals surface area contributed by atoms with E-state index in [1.807, 2.05) is 0 Å². The van der Waals surface area contributed by atoms with Crippen molar-refractivity contribution in [3.63, 3.8) is 0 Å². The lowest BCUT2D eigenvalue weighted by atomic mass is 10.1. The number of ether oxygens (including phenoxy) is 1. The number of nitro benzene ring substituents is 1. The number of para-hydroxylation sites is 1. The number of carbonyl (C=O) groups is 3. The highest BCUT2D eigenvalue weighted by Crippen LogP contribution is 2.16. The molecule has 0 aliphatic rings. The van der Waals surface area contributed by atoms with E-state index in [0.717, 1.165) is 18.9 Å². The average molecular weight is 414 g/mol. The molecule has 158 valence electrons. The number of carbonyl (C=O) groups excluding carboxylic acids is 3. The van der Waals surface area contributed by atoms with Gasteiger partial charge in [0.25, 0.3) is 17.5 Å². The first-order valence-electron chi connectivity index (χ1n) is 9.26. The molecule has 0 aliphatic heterocycles. The van der Waals surface area contributed by atoms with E-state index in [1.165, 1.54) is 18.2 Å². The van der Waals surface area contributed by atoms with Crippen LogP contribution in [-0.2, 0) is 9.53 Å². The molecule has 2 aromatic carbocycles. The van der Waals surface area contributed by atoms with E-state index in [2.05, 4.69) is 23.1 Å². The Labute approximate surface area is 172 Å². The molecule has 0 saturated carbocycles. The van der Waals surface area contributed by atoms with Crippen LogP contribution in [0.5, 0.6) is 0 Å². The monoisotopic (exact) mass is 414 g/mol. The number of amides is 2. The number of nitrogens with one attached hydrogen (secondary N) is 3.